The van der Waals surface area contributed by atoms with Crippen molar-refractivity contribution in [2.45, 2.75) is 13.0 Å². The molecule has 90 valence electrons. The van der Waals surface area contributed by atoms with Crippen LogP contribution in [0.5, 0.6) is 0 Å². The molecule has 0 saturated heterocycles. The molecule has 1 aromatic carbocycles. The summed E-state index contributed by atoms with van der Waals surface area (Å²) in [6.45, 7) is 1.65. The van der Waals surface area contributed by atoms with Gasteiger partial charge in [-0.1, -0.05) is 0 Å². The Kier molecular flexibility index (Phi) is 2.93. The number of hydrogen-bond donors (Lipinski definition) is 1. The molecule has 0 fully saturated rings. The van der Waals surface area contributed by atoms with Crippen molar-refractivity contribution in [3.8, 4) is 0 Å². The molecule has 0 aliphatic carbocycles. The summed E-state index contributed by atoms with van der Waals surface area (Å²) in [7, 11) is 0. The molecule has 0 aliphatic heterocycles. The van der Waals surface area contributed by atoms with E-state index in [1.165, 1.54) is 6.26 Å². The third-order valence-electron chi connectivity index (χ3n) is 2.48. The van der Waals surface area contributed by atoms with E-state index in [2.05, 4.69) is 0 Å². The molecule has 1 N–H and O–H groups in total. The Hall–Kier alpha value is -1.75. The molecule has 0 spiro atoms. The molecule has 1 heterocycles. The maximum absolute atomic E-state index is 13.4. The van der Waals surface area contributed by atoms with Crippen LogP contribution in [-0.4, -0.2) is 5.11 Å². The van der Waals surface area contributed by atoms with Crippen molar-refractivity contribution in [1.82, 2.24) is 0 Å². The van der Waals surface area contributed by atoms with Gasteiger partial charge < -0.3 is 9.52 Å². The highest BCUT2D eigenvalue weighted by atomic mass is 19.2. The summed E-state index contributed by atoms with van der Waals surface area (Å²) < 4.78 is 44.1. The third kappa shape index (κ3) is 2.06. The van der Waals surface area contributed by atoms with E-state index in [-0.39, 0.29) is 11.3 Å². The first-order valence-electron chi connectivity index (χ1n) is 4.87. The zero-order valence-corrected chi connectivity index (χ0v) is 8.88. The lowest BCUT2D eigenvalue weighted by atomic mass is 10.0. The summed E-state index contributed by atoms with van der Waals surface area (Å²) in [4.78, 5) is 0. The number of aliphatic hydroxyl groups is 1. The quantitative estimate of drug-likeness (QED) is 0.821. The highest BCUT2D eigenvalue weighted by Gasteiger charge is 2.22. The second-order valence-electron chi connectivity index (χ2n) is 3.66. The van der Waals surface area contributed by atoms with Crippen LogP contribution in [0.25, 0.3) is 0 Å². The Labute approximate surface area is 95.3 Å². The van der Waals surface area contributed by atoms with Gasteiger partial charge in [-0.05, 0) is 24.6 Å². The van der Waals surface area contributed by atoms with E-state index in [1.54, 1.807) is 13.0 Å². The molecule has 2 nitrogen and oxygen atoms in total. The van der Waals surface area contributed by atoms with Crippen molar-refractivity contribution in [3.05, 3.63) is 58.8 Å². The predicted molar refractivity (Wildman–Crippen MR) is 53.8 cm³/mol. The van der Waals surface area contributed by atoms with E-state index in [0.717, 1.165) is 0 Å². The molecule has 2 aromatic rings. The van der Waals surface area contributed by atoms with Gasteiger partial charge in [0.15, 0.2) is 11.6 Å². The Morgan fingerprint density at radius 2 is 1.76 bits per heavy atom. The zero-order valence-electron chi connectivity index (χ0n) is 8.88. The van der Waals surface area contributed by atoms with Gasteiger partial charge in [-0.15, -0.1) is 0 Å². The Morgan fingerprint density at radius 3 is 2.35 bits per heavy atom. The van der Waals surface area contributed by atoms with E-state index < -0.39 is 23.6 Å². The molecule has 5 heteroatoms. The predicted octanol–water partition coefficient (Wildman–Crippen LogP) is 3.09. The lowest BCUT2D eigenvalue weighted by molar-refractivity contribution is 0.183. The normalized spacial score (nSPS) is 12.8. The van der Waals surface area contributed by atoms with Crippen LogP contribution in [-0.2, 0) is 0 Å². The van der Waals surface area contributed by atoms with Crippen molar-refractivity contribution in [2.24, 2.45) is 0 Å². The lowest BCUT2D eigenvalue weighted by Gasteiger charge is -2.11. The van der Waals surface area contributed by atoms with Crippen LogP contribution in [0.3, 0.4) is 0 Å². The SMILES string of the molecule is Cc1ccoc1C(O)c1cc(F)c(F)cc1F. The van der Waals surface area contributed by atoms with Gasteiger partial charge in [-0.2, -0.15) is 0 Å². The maximum atomic E-state index is 13.4. The average Bonchev–Trinajstić information content (AvgIpc) is 2.69. The number of halogens is 3. The van der Waals surface area contributed by atoms with Crippen molar-refractivity contribution in [2.75, 3.05) is 0 Å². The van der Waals surface area contributed by atoms with Crippen LogP contribution >= 0.6 is 0 Å². The first-order valence-corrected chi connectivity index (χ1v) is 4.87. The van der Waals surface area contributed by atoms with Crippen LogP contribution in [0.4, 0.5) is 13.2 Å². The highest BCUT2D eigenvalue weighted by Crippen LogP contribution is 2.28. The van der Waals surface area contributed by atoms with Crippen LogP contribution in [0.15, 0.2) is 28.9 Å². The van der Waals surface area contributed by atoms with Crippen LogP contribution in [0.2, 0.25) is 0 Å². The Bertz CT molecular complexity index is 549. The number of rotatable bonds is 2. The molecule has 2 rings (SSSR count). The van der Waals surface area contributed by atoms with Crippen molar-refractivity contribution in [1.29, 1.82) is 0 Å². The number of hydrogen-bond acceptors (Lipinski definition) is 2. The third-order valence-corrected chi connectivity index (χ3v) is 2.48. The summed E-state index contributed by atoms with van der Waals surface area (Å²) in [5, 5.41) is 9.83. The number of benzene rings is 1. The first kappa shape index (κ1) is 11.7. The van der Waals surface area contributed by atoms with Gasteiger partial charge in [0.2, 0.25) is 0 Å². The molecule has 1 aromatic heterocycles. The smallest absolute Gasteiger partial charge is 0.161 e. The highest BCUT2D eigenvalue weighted by molar-refractivity contribution is 5.30. The van der Waals surface area contributed by atoms with E-state index in [4.69, 9.17) is 4.42 Å². The van der Waals surface area contributed by atoms with Crippen LogP contribution < -0.4 is 0 Å². The fourth-order valence-electron chi connectivity index (χ4n) is 1.55. The minimum Gasteiger partial charge on any atom is -0.466 e. The van der Waals surface area contributed by atoms with Gasteiger partial charge in [0.1, 0.15) is 17.7 Å². The number of aliphatic hydroxyl groups excluding tert-OH is 1. The summed E-state index contributed by atoms with van der Waals surface area (Å²) in [6, 6.07) is 2.60. The topological polar surface area (TPSA) is 33.4 Å². The van der Waals surface area contributed by atoms with Crippen molar-refractivity contribution >= 4 is 0 Å². The van der Waals surface area contributed by atoms with E-state index in [0.29, 0.717) is 17.7 Å². The van der Waals surface area contributed by atoms with Gasteiger partial charge in [0.05, 0.1) is 6.26 Å². The van der Waals surface area contributed by atoms with E-state index >= 15 is 0 Å². The first-order chi connectivity index (χ1) is 8.00. The number of aryl methyl sites for hydroxylation is 1. The van der Waals surface area contributed by atoms with Gasteiger partial charge in [-0.25, -0.2) is 13.2 Å². The largest absolute Gasteiger partial charge is 0.466 e. The zero-order chi connectivity index (χ0) is 12.6. The molecule has 1 unspecified atom stereocenters. The van der Waals surface area contributed by atoms with Crippen molar-refractivity contribution < 1.29 is 22.7 Å². The van der Waals surface area contributed by atoms with Gasteiger partial charge in [0, 0.05) is 11.6 Å². The molecule has 17 heavy (non-hydrogen) atoms. The molecule has 1 atom stereocenters. The molecule has 0 bridgehead atoms. The molecular weight excluding hydrogens is 233 g/mol. The van der Waals surface area contributed by atoms with Crippen LogP contribution in [0, 0.1) is 24.4 Å². The van der Waals surface area contributed by atoms with Gasteiger partial charge >= 0.3 is 0 Å². The summed E-state index contributed by atoms with van der Waals surface area (Å²) >= 11 is 0. The van der Waals surface area contributed by atoms with E-state index in [9.17, 15) is 18.3 Å². The molecule has 0 saturated carbocycles. The second-order valence-corrected chi connectivity index (χ2v) is 3.66. The van der Waals surface area contributed by atoms with Gasteiger partial charge in [-0.3, -0.25) is 0 Å². The standard InChI is InChI=1S/C12H9F3O2/c1-6-2-3-17-12(6)11(16)7-4-9(14)10(15)5-8(7)13/h2-5,11,16H,1H3. The van der Waals surface area contributed by atoms with Crippen molar-refractivity contribution in [3.63, 3.8) is 0 Å². The molecular formula is C12H9F3O2. The lowest BCUT2D eigenvalue weighted by Crippen LogP contribution is -2.04. The molecule has 0 amide bonds. The Morgan fingerprint density at radius 1 is 1.12 bits per heavy atom. The monoisotopic (exact) mass is 242 g/mol. The fraction of sp³-hybridized carbons (Fsp3) is 0.167. The maximum Gasteiger partial charge on any atom is 0.161 e. The summed E-state index contributed by atoms with van der Waals surface area (Å²) in [5.74, 6) is -3.43. The van der Waals surface area contributed by atoms with E-state index in [1.807, 2.05) is 0 Å². The second kappa shape index (κ2) is 4.25. The minimum atomic E-state index is -1.46. The average molecular weight is 242 g/mol. The fourth-order valence-corrected chi connectivity index (χ4v) is 1.55. The van der Waals surface area contributed by atoms with Crippen LogP contribution in [0.1, 0.15) is 23.0 Å². The summed E-state index contributed by atoms with van der Waals surface area (Å²) in [5.41, 5.74) is 0.239. The van der Waals surface area contributed by atoms with Gasteiger partial charge in [0.25, 0.3) is 0 Å². The molecule has 0 aliphatic rings. The summed E-state index contributed by atoms with van der Waals surface area (Å²) in [6.07, 6.45) is -0.133. The minimum absolute atomic E-state index is 0.106. The molecule has 0 radical (unpaired) electrons. The number of furan rings is 1. The Balaban J connectivity index is 2.48.